The lowest BCUT2D eigenvalue weighted by atomic mass is 10.00. The molecule has 0 rings (SSSR count). The molecule has 226 valence electrons. The van der Waals surface area contributed by atoms with Crippen molar-refractivity contribution in [1.29, 1.82) is 0 Å². The second-order valence-corrected chi connectivity index (χ2v) is 11.2. The SMILES string of the molecule is CCC/C=C/CCCC(O)C(O)C(CO)NC(=O)C(O)CCCCCCCCCCCCCCCCCC. The van der Waals surface area contributed by atoms with Gasteiger partial charge in [0.25, 0.3) is 0 Å². The largest absolute Gasteiger partial charge is 0.394 e. The average molecular weight is 542 g/mol. The Bertz CT molecular complexity index is 542. The maximum absolute atomic E-state index is 12.3. The number of amides is 1. The molecular weight excluding hydrogens is 478 g/mol. The standard InChI is InChI=1S/C32H63NO5/c1-3-5-7-9-11-12-13-14-15-16-17-18-19-20-22-24-26-30(36)32(38)33-28(27-34)31(37)29(35)25-23-21-10-8-6-4-2/h8,10,28-31,34-37H,3-7,9,11-27H2,1-2H3,(H,33,38)/b10-8+. The molecule has 0 aromatic carbocycles. The smallest absolute Gasteiger partial charge is 0.249 e. The summed E-state index contributed by atoms with van der Waals surface area (Å²) in [6.45, 7) is 3.89. The van der Waals surface area contributed by atoms with E-state index in [9.17, 15) is 25.2 Å². The fraction of sp³-hybridized carbons (Fsp3) is 0.906. The molecule has 0 radical (unpaired) electrons. The summed E-state index contributed by atoms with van der Waals surface area (Å²) in [6.07, 6.45) is 25.5. The van der Waals surface area contributed by atoms with Gasteiger partial charge in [-0.2, -0.15) is 0 Å². The highest BCUT2D eigenvalue weighted by atomic mass is 16.3. The van der Waals surface area contributed by atoms with E-state index < -0.39 is 36.9 Å². The molecule has 6 heteroatoms. The highest BCUT2D eigenvalue weighted by Crippen LogP contribution is 2.15. The van der Waals surface area contributed by atoms with E-state index in [1.165, 1.54) is 83.5 Å². The zero-order valence-electron chi connectivity index (χ0n) is 24.9. The Morgan fingerprint density at radius 1 is 0.632 bits per heavy atom. The first-order chi connectivity index (χ1) is 18.5. The number of hydrogen-bond donors (Lipinski definition) is 5. The van der Waals surface area contributed by atoms with Crippen molar-refractivity contribution in [3.8, 4) is 0 Å². The van der Waals surface area contributed by atoms with E-state index in [1.807, 2.05) is 0 Å². The maximum Gasteiger partial charge on any atom is 0.249 e. The van der Waals surface area contributed by atoms with Crippen LogP contribution in [0.2, 0.25) is 0 Å². The molecule has 5 N–H and O–H groups in total. The molecule has 0 aromatic heterocycles. The number of hydrogen-bond acceptors (Lipinski definition) is 5. The van der Waals surface area contributed by atoms with Crippen LogP contribution in [0.15, 0.2) is 12.2 Å². The van der Waals surface area contributed by atoms with E-state index in [2.05, 4.69) is 31.3 Å². The van der Waals surface area contributed by atoms with Crippen LogP contribution in [0.25, 0.3) is 0 Å². The third-order valence-corrected chi connectivity index (χ3v) is 7.46. The monoisotopic (exact) mass is 541 g/mol. The highest BCUT2D eigenvalue weighted by molar-refractivity contribution is 5.80. The fourth-order valence-corrected chi connectivity index (χ4v) is 4.82. The Hall–Kier alpha value is -0.950. The van der Waals surface area contributed by atoms with Gasteiger partial charge in [0.15, 0.2) is 0 Å². The molecule has 38 heavy (non-hydrogen) atoms. The quantitative estimate of drug-likeness (QED) is 0.0557. The lowest BCUT2D eigenvalue weighted by Crippen LogP contribution is -2.53. The van der Waals surface area contributed by atoms with E-state index in [-0.39, 0.29) is 0 Å². The number of unbranched alkanes of at least 4 members (excludes halogenated alkanes) is 17. The first kappa shape index (κ1) is 37.0. The van der Waals surface area contributed by atoms with Gasteiger partial charge in [0.1, 0.15) is 12.2 Å². The van der Waals surface area contributed by atoms with E-state index in [0.29, 0.717) is 19.3 Å². The van der Waals surface area contributed by atoms with Gasteiger partial charge >= 0.3 is 0 Å². The van der Waals surface area contributed by atoms with Gasteiger partial charge in [0.2, 0.25) is 5.91 Å². The Labute approximate surface area is 234 Å². The number of aliphatic hydroxyl groups is 4. The Kier molecular flexibility index (Phi) is 26.9. The van der Waals surface area contributed by atoms with Crippen LogP contribution in [-0.2, 0) is 4.79 Å². The maximum atomic E-state index is 12.3. The van der Waals surface area contributed by atoms with Gasteiger partial charge in [-0.05, 0) is 32.1 Å². The van der Waals surface area contributed by atoms with Crippen molar-refractivity contribution in [1.82, 2.24) is 5.32 Å². The number of carbonyl (C=O) groups is 1. The van der Waals surface area contributed by atoms with Crippen LogP contribution in [0.3, 0.4) is 0 Å². The molecule has 6 nitrogen and oxygen atoms in total. The Balaban J connectivity index is 3.79. The first-order valence-corrected chi connectivity index (χ1v) is 16.1. The van der Waals surface area contributed by atoms with E-state index in [4.69, 9.17) is 0 Å². The lowest BCUT2D eigenvalue weighted by Gasteiger charge is -2.27. The lowest BCUT2D eigenvalue weighted by molar-refractivity contribution is -0.132. The molecule has 0 bridgehead atoms. The highest BCUT2D eigenvalue weighted by Gasteiger charge is 2.28. The summed E-state index contributed by atoms with van der Waals surface area (Å²) in [6, 6.07) is -0.992. The van der Waals surface area contributed by atoms with Crippen LogP contribution in [-0.4, -0.2) is 57.3 Å². The van der Waals surface area contributed by atoms with Gasteiger partial charge in [-0.15, -0.1) is 0 Å². The molecule has 4 atom stereocenters. The van der Waals surface area contributed by atoms with Gasteiger partial charge < -0.3 is 25.7 Å². The molecule has 0 fully saturated rings. The van der Waals surface area contributed by atoms with Gasteiger partial charge in [-0.1, -0.05) is 135 Å². The van der Waals surface area contributed by atoms with Crippen molar-refractivity contribution >= 4 is 5.91 Å². The number of rotatable bonds is 28. The molecule has 0 saturated heterocycles. The molecule has 0 aliphatic carbocycles. The zero-order chi connectivity index (χ0) is 28.3. The molecule has 0 saturated carbocycles. The van der Waals surface area contributed by atoms with Crippen LogP contribution >= 0.6 is 0 Å². The van der Waals surface area contributed by atoms with Gasteiger partial charge in [-0.25, -0.2) is 0 Å². The summed E-state index contributed by atoms with van der Waals surface area (Å²) in [7, 11) is 0. The van der Waals surface area contributed by atoms with Gasteiger partial charge in [0, 0.05) is 0 Å². The number of carbonyl (C=O) groups excluding carboxylic acids is 1. The van der Waals surface area contributed by atoms with Crippen molar-refractivity contribution < 1.29 is 25.2 Å². The third-order valence-electron chi connectivity index (χ3n) is 7.46. The molecule has 0 aliphatic rings. The van der Waals surface area contributed by atoms with E-state index in [0.717, 1.165) is 38.5 Å². The van der Waals surface area contributed by atoms with Crippen molar-refractivity contribution in [2.75, 3.05) is 6.61 Å². The topological polar surface area (TPSA) is 110 Å². The summed E-state index contributed by atoms with van der Waals surface area (Å²) in [5.41, 5.74) is 0. The first-order valence-electron chi connectivity index (χ1n) is 16.1. The van der Waals surface area contributed by atoms with Crippen molar-refractivity contribution in [2.24, 2.45) is 0 Å². The molecular formula is C32H63NO5. The summed E-state index contributed by atoms with van der Waals surface area (Å²) < 4.78 is 0. The van der Waals surface area contributed by atoms with Crippen molar-refractivity contribution in [3.05, 3.63) is 12.2 Å². The summed E-state index contributed by atoms with van der Waals surface area (Å²) in [5.74, 6) is -0.598. The second kappa shape index (κ2) is 27.6. The molecule has 1 amide bonds. The predicted molar refractivity (Wildman–Crippen MR) is 159 cm³/mol. The molecule has 0 heterocycles. The summed E-state index contributed by atoms with van der Waals surface area (Å²) in [4.78, 5) is 12.3. The minimum atomic E-state index is -1.27. The van der Waals surface area contributed by atoms with E-state index >= 15 is 0 Å². The van der Waals surface area contributed by atoms with Gasteiger partial charge in [-0.3, -0.25) is 4.79 Å². The van der Waals surface area contributed by atoms with Gasteiger partial charge in [0.05, 0.1) is 18.8 Å². The van der Waals surface area contributed by atoms with Crippen LogP contribution in [0, 0.1) is 0 Å². The van der Waals surface area contributed by atoms with Crippen LogP contribution < -0.4 is 5.32 Å². The second-order valence-electron chi connectivity index (χ2n) is 11.2. The molecule has 0 spiro atoms. The minimum Gasteiger partial charge on any atom is -0.394 e. The van der Waals surface area contributed by atoms with Crippen LogP contribution in [0.5, 0.6) is 0 Å². The zero-order valence-corrected chi connectivity index (χ0v) is 24.9. The molecule has 0 aliphatic heterocycles. The van der Waals surface area contributed by atoms with Crippen molar-refractivity contribution in [3.63, 3.8) is 0 Å². The van der Waals surface area contributed by atoms with Crippen LogP contribution in [0.4, 0.5) is 0 Å². The Morgan fingerprint density at radius 3 is 1.58 bits per heavy atom. The summed E-state index contributed by atoms with van der Waals surface area (Å²) >= 11 is 0. The van der Waals surface area contributed by atoms with Crippen LogP contribution in [0.1, 0.15) is 155 Å². The number of allylic oxidation sites excluding steroid dienone is 2. The summed E-state index contributed by atoms with van der Waals surface area (Å²) in [5, 5.41) is 42.9. The van der Waals surface area contributed by atoms with Crippen molar-refractivity contribution in [2.45, 2.75) is 179 Å². The normalized spacial score (nSPS) is 15.0. The fourth-order valence-electron chi connectivity index (χ4n) is 4.82. The predicted octanol–water partition coefficient (Wildman–Crippen LogP) is 6.72. The Morgan fingerprint density at radius 2 is 1.11 bits per heavy atom. The molecule has 4 unspecified atom stereocenters. The number of aliphatic hydroxyl groups excluding tert-OH is 4. The molecule has 0 aromatic rings. The number of nitrogens with one attached hydrogen (secondary N) is 1. The van der Waals surface area contributed by atoms with E-state index in [1.54, 1.807) is 0 Å². The third kappa shape index (κ3) is 21.9. The minimum absolute atomic E-state index is 0.366. The average Bonchev–Trinajstić information content (AvgIpc) is 2.92.